The van der Waals surface area contributed by atoms with E-state index in [2.05, 4.69) is 4.98 Å². The van der Waals surface area contributed by atoms with Gasteiger partial charge < -0.3 is 19.7 Å². The molecule has 1 aliphatic rings. The third kappa shape index (κ3) is 2.10. The number of ether oxygens (including phenoxy) is 2. The predicted molar refractivity (Wildman–Crippen MR) is 59.1 cm³/mol. The highest BCUT2D eigenvalue weighted by Crippen LogP contribution is 2.29. The van der Waals surface area contributed by atoms with Gasteiger partial charge in [0, 0.05) is 19.4 Å². The molecule has 8 heteroatoms. The molecular formula is C10H14N2O6. The first-order valence-electron chi connectivity index (χ1n) is 5.37. The molecule has 0 radical (unpaired) electrons. The average Bonchev–Trinajstić information content (AvgIpc) is 2.65. The molecule has 8 nitrogen and oxygen atoms in total. The van der Waals surface area contributed by atoms with Crippen LogP contribution in [0.25, 0.3) is 0 Å². The number of aromatic amines is 1. The van der Waals surface area contributed by atoms with Crippen LogP contribution >= 0.6 is 0 Å². The van der Waals surface area contributed by atoms with Crippen LogP contribution in [0.15, 0.2) is 21.9 Å². The van der Waals surface area contributed by atoms with E-state index in [9.17, 15) is 14.7 Å². The van der Waals surface area contributed by atoms with Gasteiger partial charge in [-0.3, -0.25) is 14.3 Å². The molecular weight excluding hydrogens is 244 g/mol. The summed E-state index contributed by atoms with van der Waals surface area (Å²) in [7, 11) is 1.36. The molecule has 18 heavy (non-hydrogen) atoms. The highest BCUT2D eigenvalue weighted by Gasteiger charge is 2.45. The topological polar surface area (TPSA) is 114 Å². The van der Waals surface area contributed by atoms with Gasteiger partial charge in [0.05, 0.1) is 6.61 Å². The van der Waals surface area contributed by atoms with Crippen LogP contribution in [-0.4, -0.2) is 51.8 Å². The molecule has 2 rings (SSSR count). The number of methoxy groups -OCH3 is 1. The molecule has 1 saturated heterocycles. The Morgan fingerprint density at radius 1 is 1.56 bits per heavy atom. The fraction of sp³-hybridized carbons (Fsp3) is 0.600. The Balaban J connectivity index is 2.38. The number of aliphatic hydroxyl groups excluding tert-OH is 2. The molecule has 0 unspecified atom stereocenters. The summed E-state index contributed by atoms with van der Waals surface area (Å²) in [6.45, 7) is -0.393. The maximum absolute atomic E-state index is 11.6. The van der Waals surface area contributed by atoms with Crippen LogP contribution in [0.1, 0.15) is 6.23 Å². The van der Waals surface area contributed by atoms with Crippen molar-refractivity contribution in [3.63, 3.8) is 0 Å². The first-order valence-corrected chi connectivity index (χ1v) is 5.37. The molecule has 4 atom stereocenters. The largest absolute Gasteiger partial charge is 0.394 e. The second-order valence-electron chi connectivity index (χ2n) is 3.96. The zero-order valence-corrected chi connectivity index (χ0v) is 9.65. The lowest BCUT2D eigenvalue weighted by atomic mass is 10.1. The number of nitrogens with zero attached hydrogens (tertiary/aromatic N) is 1. The van der Waals surface area contributed by atoms with E-state index in [1.165, 1.54) is 13.3 Å². The van der Waals surface area contributed by atoms with Crippen molar-refractivity contribution in [1.82, 2.24) is 9.55 Å². The molecule has 0 spiro atoms. The summed E-state index contributed by atoms with van der Waals surface area (Å²) in [6, 6.07) is 1.16. The smallest absolute Gasteiger partial charge is 0.330 e. The molecule has 1 fully saturated rings. The predicted octanol–water partition coefficient (Wildman–Crippen LogP) is -2.20. The van der Waals surface area contributed by atoms with Crippen molar-refractivity contribution in [3.05, 3.63) is 33.1 Å². The van der Waals surface area contributed by atoms with Crippen LogP contribution in [0.2, 0.25) is 0 Å². The highest BCUT2D eigenvalue weighted by molar-refractivity contribution is 4.93. The Labute approximate surface area is 101 Å². The van der Waals surface area contributed by atoms with Gasteiger partial charge in [0.15, 0.2) is 6.23 Å². The maximum Gasteiger partial charge on any atom is 0.330 e. The molecule has 3 N–H and O–H groups in total. The lowest BCUT2D eigenvalue weighted by Gasteiger charge is -2.19. The Bertz CT molecular complexity index is 524. The Morgan fingerprint density at radius 3 is 2.83 bits per heavy atom. The third-order valence-electron chi connectivity index (χ3n) is 2.89. The second-order valence-corrected chi connectivity index (χ2v) is 3.96. The van der Waals surface area contributed by atoms with E-state index in [1.807, 2.05) is 0 Å². The van der Waals surface area contributed by atoms with E-state index in [-0.39, 0.29) is 0 Å². The van der Waals surface area contributed by atoms with Crippen molar-refractivity contribution >= 4 is 0 Å². The first kappa shape index (κ1) is 13.0. The Kier molecular flexibility index (Phi) is 3.62. The Hall–Kier alpha value is -1.48. The maximum atomic E-state index is 11.6. The fourth-order valence-corrected chi connectivity index (χ4v) is 1.98. The van der Waals surface area contributed by atoms with Crippen LogP contribution in [0, 0.1) is 0 Å². The highest BCUT2D eigenvalue weighted by atomic mass is 16.6. The van der Waals surface area contributed by atoms with Crippen molar-refractivity contribution < 1.29 is 19.7 Å². The van der Waals surface area contributed by atoms with Crippen LogP contribution in [0.4, 0.5) is 0 Å². The normalized spacial score (nSPS) is 31.7. The number of H-pyrrole nitrogens is 1. The van der Waals surface area contributed by atoms with Gasteiger partial charge >= 0.3 is 5.69 Å². The van der Waals surface area contributed by atoms with E-state index in [0.717, 1.165) is 10.6 Å². The van der Waals surface area contributed by atoms with E-state index < -0.39 is 42.4 Å². The van der Waals surface area contributed by atoms with Gasteiger partial charge in [-0.2, -0.15) is 0 Å². The van der Waals surface area contributed by atoms with E-state index in [0.29, 0.717) is 0 Å². The zero-order valence-electron chi connectivity index (χ0n) is 9.65. The van der Waals surface area contributed by atoms with Crippen LogP contribution in [-0.2, 0) is 9.47 Å². The molecule has 0 amide bonds. The standard InChI is InChI=1S/C10H14N2O6/c1-17-8-7(15)5(4-13)18-9(8)12-3-2-6(14)11-10(12)16/h2-3,5,7-9,13,15H,4H2,1H3,(H,11,14,16)/t5-,7-,8+,9-/m1/s1. The van der Waals surface area contributed by atoms with Gasteiger partial charge in [0.2, 0.25) is 0 Å². The molecule has 0 aromatic carbocycles. The van der Waals surface area contributed by atoms with Crippen LogP contribution < -0.4 is 11.2 Å². The quantitative estimate of drug-likeness (QED) is 0.567. The molecule has 0 bridgehead atoms. The molecule has 2 heterocycles. The minimum absolute atomic E-state index is 0.393. The average molecular weight is 258 g/mol. The van der Waals surface area contributed by atoms with Gasteiger partial charge in [-0.05, 0) is 0 Å². The number of aromatic nitrogens is 2. The summed E-state index contributed by atoms with van der Waals surface area (Å²) in [4.78, 5) is 24.7. The van der Waals surface area contributed by atoms with Gasteiger partial charge in [-0.1, -0.05) is 0 Å². The van der Waals surface area contributed by atoms with E-state index >= 15 is 0 Å². The molecule has 1 aliphatic heterocycles. The number of rotatable bonds is 3. The van der Waals surface area contributed by atoms with E-state index in [4.69, 9.17) is 14.6 Å². The summed E-state index contributed by atoms with van der Waals surface area (Å²) in [6.07, 6.45) is -2.33. The van der Waals surface area contributed by atoms with Crippen molar-refractivity contribution in [2.45, 2.75) is 24.5 Å². The summed E-state index contributed by atoms with van der Waals surface area (Å²) in [5.74, 6) is 0. The third-order valence-corrected chi connectivity index (χ3v) is 2.89. The van der Waals surface area contributed by atoms with Crippen LogP contribution in [0.3, 0.4) is 0 Å². The van der Waals surface area contributed by atoms with Gasteiger partial charge in [0.1, 0.15) is 18.3 Å². The lowest BCUT2D eigenvalue weighted by molar-refractivity contribution is -0.0625. The van der Waals surface area contributed by atoms with Crippen molar-refractivity contribution in [2.75, 3.05) is 13.7 Å². The summed E-state index contributed by atoms with van der Waals surface area (Å²) < 4.78 is 11.5. The summed E-state index contributed by atoms with van der Waals surface area (Å²) >= 11 is 0. The zero-order chi connectivity index (χ0) is 13.3. The monoisotopic (exact) mass is 258 g/mol. The molecule has 0 aliphatic carbocycles. The summed E-state index contributed by atoms with van der Waals surface area (Å²) in [5, 5.41) is 18.9. The molecule has 1 aromatic rings. The number of hydrogen-bond donors (Lipinski definition) is 3. The van der Waals surface area contributed by atoms with Gasteiger partial charge in [0.25, 0.3) is 5.56 Å². The number of aliphatic hydroxyl groups is 2. The van der Waals surface area contributed by atoms with Crippen molar-refractivity contribution in [1.29, 1.82) is 0 Å². The van der Waals surface area contributed by atoms with Gasteiger partial charge in [-0.15, -0.1) is 0 Å². The van der Waals surface area contributed by atoms with Crippen molar-refractivity contribution in [3.8, 4) is 0 Å². The molecule has 100 valence electrons. The SMILES string of the molecule is CO[C@H]1[C@H](O)[C@@H](CO)O[C@H]1n1ccc(=O)[nH]c1=O. The van der Waals surface area contributed by atoms with E-state index in [1.54, 1.807) is 0 Å². The van der Waals surface area contributed by atoms with Crippen molar-refractivity contribution in [2.24, 2.45) is 0 Å². The first-order chi connectivity index (χ1) is 8.58. The van der Waals surface area contributed by atoms with Crippen LogP contribution in [0.5, 0.6) is 0 Å². The summed E-state index contributed by atoms with van der Waals surface area (Å²) in [5.41, 5.74) is -1.19. The number of hydrogen-bond acceptors (Lipinski definition) is 6. The minimum Gasteiger partial charge on any atom is -0.394 e. The lowest BCUT2D eigenvalue weighted by Crippen LogP contribution is -2.38. The molecule has 0 saturated carbocycles. The minimum atomic E-state index is -1.05. The van der Waals surface area contributed by atoms with Gasteiger partial charge in [-0.25, -0.2) is 4.79 Å². The second kappa shape index (κ2) is 5.02. The fourth-order valence-electron chi connectivity index (χ4n) is 1.98. The molecule has 1 aromatic heterocycles. The Morgan fingerprint density at radius 2 is 2.28 bits per heavy atom. The number of nitrogens with one attached hydrogen (secondary N) is 1.